The number of carbonyl (C=O) groups excluding carboxylic acids is 1. The molecule has 7 heteroatoms. The first-order chi connectivity index (χ1) is 13.7. The summed E-state index contributed by atoms with van der Waals surface area (Å²) in [6.07, 6.45) is 4.67. The summed E-state index contributed by atoms with van der Waals surface area (Å²) in [7, 11) is 4.76. The van der Waals surface area contributed by atoms with Crippen molar-refractivity contribution >= 4 is 11.6 Å². The molecule has 0 atom stereocenters. The summed E-state index contributed by atoms with van der Waals surface area (Å²) in [5, 5.41) is 0. The molecular formula is C21H27N3O4. The van der Waals surface area contributed by atoms with Gasteiger partial charge in [0.25, 0.3) is 0 Å². The van der Waals surface area contributed by atoms with E-state index in [1.807, 2.05) is 29.2 Å². The monoisotopic (exact) mass is 385 g/mol. The molecule has 7 nitrogen and oxygen atoms in total. The van der Waals surface area contributed by atoms with Crippen LogP contribution in [-0.2, 0) is 11.2 Å². The summed E-state index contributed by atoms with van der Waals surface area (Å²) in [4.78, 5) is 20.9. The maximum atomic E-state index is 12.7. The number of benzene rings is 1. The molecule has 1 fully saturated rings. The van der Waals surface area contributed by atoms with Crippen molar-refractivity contribution in [2.75, 3.05) is 52.4 Å². The second-order valence-corrected chi connectivity index (χ2v) is 6.61. The highest BCUT2D eigenvalue weighted by molar-refractivity contribution is 5.77. The lowest BCUT2D eigenvalue weighted by Crippen LogP contribution is -2.48. The molecule has 0 aliphatic carbocycles. The summed E-state index contributed by atoms with van der Waals surface area (Å²) >= 11 is 0. The first kappa shape index (κ1) is 19.8. The number of aromatic nitrogens is 1. The predicted molar refractivity (Wildman–Crippen MR) is 107 cm³/mol. The summed E-state index contributed by atoms with van der Waals surface area (Å²) < 4.78 is 16.1. The highest BCUT2D eigenvalue weighted by Gasteiger charge is 2.21. The number of hydrogen-bond donors (Lipinski definition) is 0. The van der Waals surface area contributed by atoms with Crippen molar-refractivity contribution in [1.82, 2.24) is 9.88 Å². The molecule has 0 spiro atoms. The number of piperazine rings is 1. The summed E-state index contributed by atoms with van der Waals surface area (Å²) in [6.45, 7) is 3.13. The van der Waals surface area contributed by atoms with E-state index >= 15 is 0 Å². The van der Waals surface area contributed by atoms with Gasteiger partial charge in [-0.1, -0.05) is 0 Å². The number of aryl methyl sites for hydroxylation is 1. The fourth-order valence-electron chi connectivity index (χ4n) is 3.46. The maximum absolute atomic E-state index is 12.7. The molecule has 1 saturated heterocycles. The smallest absolute Gasteiger partial charge is 0.223 e. The van der Waals surface area contributed by atoms with E-state index in [4.69, 9.17) is 14.2 Å². The lowest BCUT2D eigenvalue weighted by atomic mass is 10.1. The third-order valence-electron chi connectivity index (χ3n) is 5.01. The number of pyridine rings is 1. The molecule has 0 N–H and O–H groups in total. The van der Waals surface area contributed by atoms with Crippen molar-refractivity contribution in [2.24, 2.45) is 0 Å². The Morgan fingerprint density at radius 3 is 2.11 bits per heavy atom. The molecule has 28 heavy (non-hydrogen) atoms. The van der Waals surface area contributed by atoms with Crippen LogP contribution in [0.25, 0.3) is 0 Å². The van der Waals surface area contributed by atoms with Crippen LogP contribution in [0.3, 0.4) is 0 Å². The fraction of sp³-hybridized carbons (Fsp3) is 0.429. The average Bonchev–Trinajstić information content (AvgIpc) is 2.77. The molecule has 1 aromatic heterocycles. The fourth-order valence-corrected chi connectivity index (χ4v) is 3.46. The number of methoxy groups -OCH3 is 3. The van der Waals surface area contributed by atoms with Crippen LogP contribution < -0.4 is 19.1 Å². The van der Waals surface area contributed by atoms with Crippen LogP contribution in [0.2, 0.25) is 0 Å². The first-order valence-corrected chi connectivity index (χ1v) is 9.38. The molecule has 0 saturated carbocycles. The molecule has 1 aromatic carbocycles. The largest absolute Gasteiger partial charge is 0.493 e. The van der Waals surface area contributed by atoms with E-state index in [2.05, 4.69) is 9.88 Å². The van der Waals surface area contributed by atoms with Gasteiger partial charge in [0.2, 0.25) is 11.7 Å². The van der Waals surface area contributed by atoms with Gasteiger partial charge in [0, 0.05) is 50.7 Å². The van der Waals surface area contributed by atoms with Crippen LogP contribution in [0.4, 0.5) is 5.69 Å². The highest BCUT2D eigenvalue weighted by Crippen LogP contribution is 2.38. The Hall–Kier alpha value is -2.96. The quantitative estimate of drug-likeness (QED) is 0.729. The molecular weight excluding hydrogens is 358 g/mol. The van der Waals surface area contributed by atoms with Crippen molar-refractivity contribution in [3.05, 3.63) is 42.2 Å². The number of amides is 1. The normalized spacial score (nSPS) is 14.0. The van der Waals surface area contributed by atoms with E-state index in [9.17, 15) is 4.79 Å². The van der Waals surface area contributed by atoms with Crippen molar-refractivity contribution < 1.29 is 19.0 Å². The van der Waals surface area contributed by atoms with E-state index in [0.29, 0.717) is 30.1 Å². The van der Waals surface area contributed by atoms with Gasteiger partial charge in [0.15, 0.2) is 11.5 Å². The molecule has 0 bridgehead atoms. The molecule has 2 heterocycles. The molecule has 1 aliphatic rings. The minimum atomic E-state index is 0.170. The van der Waals surface area contributed by atoms with Gasteiger partial charge >= 0.3 is 0 Å². The highest BCUT2D eigenvalue weighted by atomic mass is 16.5. The number of hydrogen-bond acceptors (Lipinski definition) is 6. The first-order valence-electron chi connectivity index (χ1n) is 9.38. The topological polar surface area (TPSA) is 64.1 Å². The Kier molecular flexibility index (Phi) is 6.57. The number of anilines is 1. The maximum Gasteiger partial charge on any atom is 0.223 e. The van der Waals surface area contributed by atoms with Gasteiger partial charge in [-0.15, -0.1) is 0 Å². The number of carbonyl (C=O) groups is 1. The Morgan fingerprint density at radius 2 is 1.57 bits per heavy atom. The molecule has 3 rings (SSSR count). The van der Waals surface area contributed by atoms with Crippen LogP contribution >= 0.6 is 0 Å². The van der Waals surface area contributed by atoms with Gasteiger partial charge in [0.1, 0.15) is 0 Å². The second-order valence-electron chi connectivity index (χ2n) is 6.61. The zero-order valence-corrected chi connectivity index (χ0v) is 16.7. The van der Waals surface area contributed by atoms with Gasteiger partial charge in [-0.25, -0.2) is 0 Å². The standard InChI is InChI=1S/C21H27N3O4/c1-26-18-14-16(15-19(27-2)21(18)28-3)4-5-20(25)24-12-10-23(11-13-24)17-6-8-22-9-7-17/h6-9,14-15H,4-5,10-13H2,1-3H3. The SMILES string of the molecule is COc1cc(CCC(=O)N2CCN(c3ccncc3)CC2)cc(OC)c1OC. The Balaban J connectivity index is 1.56. The van der Waals surface area contributed by atoms with E-state index in [1.54, 1.807) is 33.7 Å². The van der Waals surface area contributed by atoms with Gasteiger partial charge < -0.3 is 24.0 Å². The lowest BCUT2D eigenvalue weighted by Gasteiger charge is -2.36. The van der Waals surface area contributed by atoms with Crippen molar-refractivity contribution in [3.63, 3.8) is 0 Å². The Labute approximate surface area is 165 Å². The lowest BCUT2D eigenvalue weighted by molar-refractivity contribution is -0.131. The third kappa shape index (κ3) is 4.47. The van der Waals surface area contributed by atoms with Gasteiger partial charge in [-0.2, -0.15) is 0 Å². The summed E-state index contributed by atoms with van der Waals surface area (Å²) in [5.41, 5.74) is 2.14. The molecule has 2 aromatic rings. The molecule has 0 unspecified atom stereocenters. The second kappa shape index (κ2) is 9.30. The minimum absolute atomic E-state index is 0.170. The van der Waals surface area contributed by atoms with Crippen LogP contribution in [0.5, 0.6) is 17.2 Å². The van der Waals surface area contributed by atoms with Crippen molar-refractivity contribution in [2.45, 2.75) is 12.8 Å². The number of rotatable bonds is 7. The average molecular weight is 385 g/mol. The van der Waals surface area contributed by atoms with Crippen LogP contribution in [-0.4, -0.2) is 63.3 Å². The Morgan fingerprint density at radius 1 is 0.964 bits per heavy atom. The van der Waals surface area contributed by atoms with Crippen LogP contribution in [0.1, 0.15) is 12.0 Å². The zero-order valence-electron chi connectivity index (χ0n) is 16.7. The van der Waals surface area contributed by atoms with Gasteiger partial charge in [-0.3, -0.25) is 9.78 Å². The van der Waals surface area contributed by atoms with Crippen LogP contribution in [0.15, 0.2) is 36.7 Å². The van der Waals surface area contributed by atoms with Gasteiger partial charge in [-0.05, 0) is 36.2 Å². The Bertz CT molecular complexity index is 764. The summed E-state index contributed by atoms with van der Waals surface area (Å²) in [5.74, 6) is 1.95. The van der Waals surface area contributed by atoms with Crippen LogP contribution in [0, 0.1) is 0 Å². The number of nitrogens with zero attached hydrogens (tertiary/aromatic N) is 3. The predicted octanol–water partition coefficient (Wildman–Crippen LogP) is 2.39. The molecule has 1 amide bonds. The molecule has 1 aliphatic heterocycles. The van der Waals surface area contributed by atoms with E-state index < -0.39 is 0 Å². The third-order valence-corrected chi connectivity index (χ3v) is 5.01. The van der Waals surface area contributed by atoms with Gasteiger partial charge in [0.05, 0.1) is 21.3 Å². The van der Waals surface area contributed by atoms with E-state index in [0.717, 1.165) is 37.4 Å². The van der Waals surface area contributed by atoms with E-state index in [1.165, 1.54) is 0 Å². The van der Waals surface area contributed by atoms with Crippen molar-refractivity contribution in [1.29, 1.82) is 0 Å². The summed E-state index contributed by atoms with van der Waals surface area (Å²) in [6, 6.07) is 7.80. The molecule has 0 radical (unpaired) electrons. The number of ether oxygens (including phenoxy) is 3. The van der Waals surface area contributed by atoms with E-state index in [-0.39, 0.29) is 5.91 Å². The van der Waals surface area contributed by atoms with Crippen molar-refractivity contribution in [3.8, 4) is 17.2 Å². The minimum Gasteiger partial charge on any atom is -0.493 e. The zero-order chi connectivity index (χ0) is 19.9. The molecule has 150 valence electrons.